The first-order chi connectivity index (χ1) is 6.25. The number of hydrogen-bond donors (Lipinski definition) is 1. The Morgan fingerprint density at radius 3 is 2.85 bits per heavy atom. The molecule has 0 aliphatic heterocycles. The van der Waals surface area contributed by atoms with Crippen molar-refractivity contribution in [1.29, 1.82) is 0 Å². The van der Waals surface area contributed by atoms with E-state index in [0.717, 1.165) is 12.0 Å². The van der Waals surface area contributed by atoms with Crippen molar-refractivity contribution >= 4 is 12.0 Å². The van der Waals surface area contributed by atoms with E-state index in [1.54, 1.807) is 0 Å². The summed E-state index contributed by atoms with van der Waals surface area (Å²) in [6, 6.07) is 8.01. The molecule has 0 atom stereocenters. The number of carbonyl (C=O) groups is 1. The maximum absolute atomic E-state index is 10.5. The number of aliphatic carboxylic acids is 1. The Bertz CT molecular complexity index is 377. The number of fused-ring (bicyclic) bond motifs is 1. The van der Waals surface area contributed by atoms with Crippen molar-refractivity contribution in [1.82, 2.24) is 0 Å². The van der Waals surface area contributed by atoms with Crippen LogP contribution >= 0.6 is 0 Å². The highest BCUT2D eigenvalue weighted by atomic mass is 16.4. The molecule has 0 spiro atoms. The molecule has 0 saturated carbocycles. The molecule has 0 heterocycles. The van der Waals surface area contributed by atoms with E-state index in [0.29, 0.717) is 0 Å². The van der Waals surface area contributed by atoms with Gasteiger partial charge in [0.05, 0.1) is 6.42 Å². The molecule has 0 fully saturated rings. The fraction of sp³-hybridized carbons (Fsp3) is 0.182. The normalized spacial score (nSPS) is 13.7. The van der Waals surface area contributed by atoms with E-state index in [9.17, 15) is 4.79 Å². The Hall–Kier alpha value is -1.57. The van der Waals surface area contributed by atoms with Crippen LogP contribution in [-0.2, 0) is 11.2 Å². The van der Waals surface area contributed by atoms with Gasteiger partial charge in [0.25, 0.3) is 0 Å². The zero-order chi connectivity index (χ0) is 9.26. The third-order valence-corrected chi connectivity index (χ3v) is 2.21. The van der Waals surface area contributed by atoms with Crippen LogP contribution in [0.3, 0.4) is 0 Å². The number of rotatable bonds is 2. The highest BCUT2D eigenvalue weighted by Gasteiger charge is 2.13. The van der Waals surface area contributed by atoms with Crippen molar-refractivity contribution in [2.24, 2.45) is 0 Å². The van der Waals surface area contributed by atoms with Gasteiger partial charge in [-0.3, -0.25) is 4.79 Å². The molecule has 1 aromatic carbocycles. The summed E-state index contributed by atoms with van der Waals surface area (Å²) in [5.41, 5.74) is 3.39. The summed E-state index contributed by atoms with van der Waals surface area (Å²) in [6.45, 7) is 0. The lowest BCUT2D eigenvalue weighted by Gasteiger charge is -1.96. The topological polar surface area (TPSA) is 37.3 Å². The first-order valence-electron chi connectivity index (χ1n) is 4.25. The average molecular weight is 174 g/mol. The Kier molecular flexibility index (Phi) is 1.89. The predicted octanol–water partition coefficient (Wildman–Crippen LogP) is 2.10. The molecular formula is C11H10O2. The van der Waals surface area contributed by atoms with E-state index in [4.69, 9.17) is 5.11 Å². The molecular weight excluding hydrogens is 164 g/mol. The van der Waals surface area contributed by atoms with Crippen LogP contribution < -0.4 is 0 Å². The molecule has 1 aromatic rings. The average Bonchev–Trinajstić information content (AvgIpc) is 2.44. The maximum atomic E-state index is 10.5. The Morgan fingerprint density at radius 1 is 1.38 bits per heavy atom. The molecule has 2 nitrogen and oxygen atoms in total. The van der Waals surface area contributed by atoms with E-state index < -0.39 is 5.97 Å². The SMILES string of the molecule is O=C(O)CC1=Cc2ccccc2C1. The second-order valence-electron chi connectivity index (χ2n) is 3.25. The van der Waals surface area contributed by atoms with Crippen LogP contribution in [0.1, 0.15) is 17.5 Å². The van der Waals surface area contributed by atoms with E-state index in [-0.39, 0.29) is 6.42 Å². The zero-order valence-corrected chi connectivity index (χ0v) is 7.16. The molecule has 1 aliphatic rings. The van der Waals surface area contributed by atoms with Gasteiger partial charge in [-0.25, -0.2) is 0 Å². The van der Waals surface area contributed by atoms with Gasteiger partial charge in [-0.05, 0) is 17.5 Å². The van der Waals surface area contributed by atoms with Gasteiger partial charge >= 0.3 is 5.97 Å². The monoisotopic (exact) mass is 174 g/mol. The first kappa shape index (κ1) is 8.05. The van der Waals surface area contributed by atoms with E-state index in [1.165, 1.54) is 11.1 Å². The molecule has 13 heavy (non-hydrogen) atoms. The lowest BCUT2D eigenvalue weighted by Crippen LogP contribution is -1.96. The molecule has 0 aromatic heterocycles. The number of carboxylic acids is 1. The highest BCUT2D eigenvalue weighted by molar-refractivity contribution is 5.75. The van der Waals surface area contributed by atoms with Crippen LogP contribution in [0.5, 0.6) is 0 Å². The van der Waals surface area contributed by atoms with Crippen molar-refractivity contribution < 1.29 is 9.90 Å². The van der Waals surface area contributed by atoms with Crippen LogP contribution in [0.15, 0.2) is 29.8 Å². The van der Waals surface area contributed by atoms with Gasteiger partial charge < -0.3 is 5.11 Å². The van der Waals surface area contributed by atoms with Gasteiger partial charge in [0.2, 0.25) is 0 Å². The van der Waals surface area contributed by atoms with Crippen molar-refractivity contribution in [2.75, 3.05) is 0 Å². The largest absolute Gasteiger partial charge is 0.481 e. The minimum atomic E-state index is -0.751. The summed E-state index contributed by atoms with van der Waals surface area (Å²) >= 11 is 0. The molecule has 0 radical (unpaired) electrons. The van der Waals surface area contributed by atoms with Gasteiger partial charge in [0, 0.05) is 0 Å². The molecule has 66 valence electrons. The maximum Gasteiger partial charge on any atom is 0.307 e. The van der Waals surface area contributed by atoms with Gasteiger partial charge in [0.1, 0.15) is 0 Å². The number of benzene rings is 1. The fourth-order valence-corrected chi connectivity index (χ4v) is 1.66. The molecule has 1 aliphatic carbocycles. The van der Waals surface area contributed by atoms with E-state index >= 15 is 0 Å². The summed E-state index contributed by atoms with van der Waals surface area (Å²) in [4.78, 5) is 10.5. The third kappa shape index (κ3) is 1.61. The minimum Gasteiger partial charge on any atom is -0.481 e. The Labute approximate surface area is 76.5 Å². The van der Waals surface area contributed by atoms with E-state index in [2.05, 4.69) is 0 Å². The van der Waals surface area contributed by atoms with Crippen molar-refractivity contribution in [2.45, 2.75) is 12.8 Å². The quantitative estimate of drug-likeness (QED) is 0.745. The predicted molar refractivity (Wildman–Crippen MR) is 50.4 cm³/mol. The summed E-state index contributed by atoms with van der Waals surface area (Å²) < 4.78 is 0. The number of carboxylic acid groups (broad SMARTS) is 1. The van der Waals surface area contributed by atoms with Gasteiger partial charge in [-0.15, -0.1) is 0 Å². The summed E-state index contributed by atoms with van der Waals surface area (Å²) in [7, 11) is 0. The molecule has 0 bridgehead atoms. The molecule has 1 N–H and O–H groups in total. The molecule has 0 saturated heterocycles. The van der Waals surface area contributed by atoms with Gasteiger partial charge in [-0.1, -0.05) is 35.9 Å². The molecule has 2 rings (SSSR count). The second-order valence-corrected chi connectivity index (χ2v) is 3.25. The fourth-order valence-electron chi connectivity index (χ4n) is 1.66. The smallest absolute Gasteiger partial charge is 0.307 e. The van der Waals surface area contributed by atoms with Crippen molar-refractivity contribution in [3.8, 4) is 0 Å². The van der Waals surface area contributed by atoms with Crippen LogP contribution in [0.2, 0.25) is 0 Å². The molecule has 0 unspecified atom stereocenters. The summed E-state index contributed by atoms with van der Waals surface area (Å²) in [5, 5.41) is 8.61. The van der Waals surface area contributed by atoms with Gasteiger partial charge in [0.15, 0.2) is 0 Å². The van der Waals surface area contributed by atoms with Crippen molar-refractivity contribution in [3.05, 3.63) is 41.0 Å². The summed E-state index contributed by atoms with van der Waals surface area (Å²) in [6.07, 6.45) is 2.93. The second kappa shape index (κ2) is 3.05. The first-order valence-corrected chi connectivity index (χ1v) is 4.25. The van der Waals surface area contributed by atoms with E-state index in [1.807, 2.05) is 30.3 Å². The van der Waals surface area contributed by atoms with Crippen LogP contribution in [-0.4, -0.2) is 11.1 Å². The number of hydrogen-bond acceptors (Lipinski definition) is 1. The minimum absolute atomic E-state index is 0.161. The van der Waals surface area contributed by atoms with Gasteiger partial charge in [-0.2, -0.15) is 0 Å². The Balaban J connectivity index is 2.21. The lowest BCUT2D eigenvalue weighted by atomic mass is 10.1. The Morgan fingerprint density at radius 2 is 2.15 bits per heavy atom. The van der Waals surface area contributed by atoms with Crippen LogP contribution in [0.4, 0.5) is 0 Å². The third-order valence-electron chi connectivity index (χ3n) is 2.21. The standard InChI is InChI=1S/C11H10O2/c12-11(13)7-8-5-9-3-1-2-4-10(9)6-8/h1-5H,6-7H2,(H,12,13). The van der Waals surface area contributed by atoms with Crippen LogP contribution in [0, 0.1) is 0 Å². The highest BCUT2D eigenvalue weighted by Crippen LogP contribution is 2.26. The lowest BCUT2D eigenvalue weighted by molar-refractivity contribution is -0.136. The summed E-state index contributed by atoms with van der Waals surface area (Å²) in [5.74, 6) is -0.751. The van der Waals surface area contributed by atoms with Crippen LogP contribution in [0.25, 0.3) is 6.08 Å². The van der Waals surface area contributed by atoms with Crippen molar-refractivity contribution in [3.63, 3.8) is 0 Å². The zero-order valence-electron chi connectivity index (χ0n) is 7.16. The molecule has 0 amide bonds. The molecule has 2 heteroatoms.